The fraction of sp³-hybridized carbons (Fsp3) is 0.632. The molecule has 12 N–H and O–H groups in total. The number of aliphatic hydroxyl groups excluding tert-OH is 1. The summed E-state index contributed by atoms with van der Waals surface area (Å²) in [5.41, 5.74) is 15.7. The van der Waals surface area contributed by atoms with Gasteiger partial charge in [0.25, 0.3) is 0 Å². The highest BCUT2D eigenvalue weighted by molar-refractivity contribution is 5.94. The monoisotopic (exact) mass is 504 g/mol. The van der Waals surface area contributed by atoms with E-state index in [0.29, 0.717) is 0 Å². The standard InChI is InChI=1S/C19H32N6O10/c1-8(26)15(25-16(31)9(20)2-5-12(21)27)18(33)23-10(3-6-13(22)28)17(32)24-11(19(34)35)4-7-14(29)30/h8-11,15,26H,2-7,20H2,1H3,(H2,21,27)(H2,22,28)(H,23,33)(H,24,32)(H,25,31)(H,29,30)(H,34,35). The normalized spacial score (nSPS) is 14.9. The molecule has 0 saturated heterocycles. The van der Waals surface area contributed by atoms with Gasteiger partial charge in [0, 0.05) is 19.3 Å². The number of carbonyl (C=O) groups is 7. The number of primary amides is 2. The molecule has 5 atom stereocenters. The van der Waals surface area contributed by atoms with Crippen LogP contribution in [0.25, 0.3) is 0 Å². The first-order valence-electron chi connectivity index (χ1n) is 10.5. The predicted octanol–water partition coefficient (Wildman–Crippen LogP) is -4.37. The molecule has 0 spiro atoms. The largest absolute Gasteiger partial charge is 0.481 e. The lowest BCUT2D eigenvalue weighted by Gasteiger charge is -2.26. The van der Waals surface area contributed by atoms with Gasteiger partial charge in [-0.15, -0.1) is 0 Å². The quantitative estimate of drug-likeness (QED) is 0.0911. The van der Waals surface area contributed by atoms with Gasteiger partial charge in [-0.3, -0.25) is 28.8 Å². The number of hydrogen-bond donors (Lipinski definition) is 9. The molecule has 0 aromatic rings. The molecule has 35 heavy (non-hydrogen) atoms. The summed E-state index contributed by atoms with van der Waals surface area (Å²) in [7, 11) is 0. The molecule has 0 aliphatic carbocycles. The number of nitrogens with one attached hydrogen (secondary N) is 3. The van der Waals surface area contributed by atoms with Crippen LogP contribution in [0, 0.1) is 0 Å². The van der Waals surface area contributed by atoms with Crippen molar-refractivity contribution >= 4 is 41.5 Å². The Balaban J connectivity index is 5.49. The first-order valence-corrected chi connectivity index (χ1v) is 10.5. The summed E-state index contributed by atoms with van der Waals surface area (Å²) in [4.78, 5) is 81.6. The first-order chi connectivity index (χ1) is 16.1. The number of aliphatic carboxylic acids is 2. The molecule has 0 saturated carbocycles. The maximum atomic E-state index is 12.7. The van der Waals surface area contributed by atoms with E-state index >= 15 is 0 Å². The van der Waals surface area contributed by atoms with Crippen LogP contribution in [-0.2, 0) is 33.6 Å². The maximum absolute atomic E-state index is 12.7. The van der Waals surface area contributed by atoms with Gasteiger partial charge >= 0.3 is 11.9 Å². The third-order valence-electron chi connectivity index (χ3n) is 4.68. The molecule has 0 radical (unpaired) electrons. The van der Waals surface area contributed by atoms with E-state index in [-0.39, 0.29) is 19.3 Å². The van der Waals surface area contributed by atoms with Gasteiger partial charge in [0.05, 0.1) is 12.1 Å². The minimum atomic E-state index is -1.62. The smallest absolute Gasteiger partial charge is 0.326 e. The highest BCUT2D eigenvalue weighted by atomic mass is 16.4. The molecule has 0 heterocycles. The van der Waals surface area contributed by atoms with Crippen LogP contribution in [0.3, 0.4) is 0 Å². The van der Waals surface area contributed by atoms with E-state index in [1.165, 1.54) is 0 Å². The summed E-state index contributed by atoms with van der Waals surface area (Å²) in [5, 5.41) is 34.3. The number of carbonyl (C=O) groups excluding carboxylic acids is 5. The zero-order valence-electron chi connectivity index (χ0n) is 19.1. The van der Waals surface area contributed by atoms with Gasteiger partial charge in [-0.05, 0) is 26.2 Å². The molecule has 0 bridgehead atoms. The van der Waals surface area contributed by atoms with Crippen molar-refractivity contribution in [3.63, 3.8) is 0 Å². The van der Waals surface area contributed by atoms with Crippen LogP contribution in [0.15, 0.2) is 0 Å². The van der Waals surface area contributed by atoms with Gasteiger partial charge in [0.2, 0.25) is 29.5 Å². The Morgan fingerprint density at radius 1 is 0.714 bits per heavy atom. The number of amides is 5. The van der Waals surface area contributed by atoms with Crippen molar-refractivity contribution < 1.29 is 48.9 Å². The molecular formula is C19H32N6O10. The molecule has 0 fully saturated rings. The first kappa shape index (κ1) is 31.2. The Morgan fingerprint density at radius 2 is 1.20 bits per heavy atom. The summed E-state index contributed by atoms with van der Waals surface area (Å²) in [6.07, 6.45) is -3.60. The van der Waals surface area contributed by atoms with Crippen molar-refractivity contribution in [2.24, 2.45) is 17.2 Å². The Kier molecular flexibility index (Phi) is 13.5. The van der Waals surface area contributed by atoms with Crippen molar-refractivity contribution in [2.75, 3.05) is 0 Å². The summed E-state index contributed by atoms with van der Waals surface area (Å²) in [5.74, 6) is -7.40. The highest BCUT2D eigenvalue weighted by Gasteiger charge is 2.32. The lowest BCUT2D eigenvalue weighted by Crippen LogP contribution is -2.59. The van der Waals surface area contributed by atoms with Crippen LogP contribution >= 0.6 is 0 Å². The number of aliphatic hydroxyl groups is 1. The molecule has 198 valence electrons. The van der Waals surface area contributed by atoms with Crippen molar-refractivity contribution in [3.8, 4) is 0 Å². The lowest BCUT2D eigenvalue weighted by atomic mass is 10.1. The van der Waals surface area contributed by atoms with Crippen LogP contribution in [0.2, 0.25) is 0 Å². The van der Waals surface area contributed by atoms with E-state index in [1.807, 2.05) is 0 Å². The van der Waals surface area contributed by atoms with Gasteiger partial charge in [0.1, 0.15) is 18.1 Å². The average molecular weight is 504 g/mol. The van der Waals surface area contributed by atoms with Crippen LogP contribution in [-0.4, -0.2) is 87.1 Å². The van der Waals surface area contributed by atoms with Crippen LogP contribution < -0.4 is 33.2 Å². The Hall–Kier alpha value is -3.79. The lowest BCUT2D eigenvalue weighted by molar-refractivity contribution is -0.143. The average Bonchev–Trinajstić information content (AvgIpc) is 2.74. The third kappa shape index (κ3) is 12.9. The SMILES string of the molecule is CC(O)C(NC(=O)C(N)CCC(N)=O)C(=O)NC(CCC(N)=O)C(=O)NC(CCC(=O)O)C(=O)O. The summed E-state index contributed by atoms with van der Waals surface area (Å²) >= 11 is 0. The number of carboxylic acid groups (broad SMARTS) is 2. The van der Waals surface area contributed by atoms with Crippen LogP contribution in [0.4, 0.5) is 0 Å². The molecule has 16 heteroatoms. The molecule has 5 amide bonds. The van der Waals surface area contributed by atoms with Crippen molar-refractivity contribution in [2.45, 2.75) is 75.7 Å². The predicted molar refractivity (Wildman–Crippen MR) is 117 cm³/mol. The Morgan fingerprint density at radius 3 is 1.66 bits per heavy atom. The second kappa shape index (κ2) is 15.2. The fourth-order valence-electron chi connectivity index (χ4n) is 2.71. The highest BCUT2D eigenvalue weighted by Crippen LogP contribution is 2.05. The number of nitrogens with two attached hydrogens (primary N) is 3. The zero-order chi connectivity index (χ0) is 27.3. The van der Waals surface area contributed by atoms with Crippen molar-refractivity contribution in [1.82, 2.24) is 16.0 Å². The van der Waals surface area contributed by atoms with Gasteiger partial charge < -0.3 is 48.5 Å². The molecule has 16 nitrogen and oxygen atoms in total. The van der Waals surface area contributed by atoms with E-state index in [1.54, 1.807) is 0 Å². The minimum absolute atomic E-state index is 0.133. The van der Waals surface area contributed by atoms with Crippen molar-refractivity contribution in [1.29, 1.82) is 0 Å². The zero-order valence-corrected chi connectivity index (χ0v) is 19.1. The van der Waals surface area contributed by atoms with E-state index in [9.17, 15) is 43.8 Å². The Labute approximate surface area is 199 Å². The van der Waals surface area contributed by atoms with E-state index in [4.69, 9.17) is 22.3 Å². The molecule has 5 unspecified atom stereocenters. The number of carboxylic acids is 2. The molecule has 0 aliphatic heterocycles. The van der Waals surface area contributed by atoms with Gasteiger partial charge in [-0.1, -0.05) is 0 Å². The Bertz CT molecular complexity index is 818. The number of hydrogen-bond acceptors (Lipinski definition) is 9. The van der Waals surface area contributed by atoms with Gasteiger partial charge in [0.15, 0.2) is 0 Å². The van der Waals surface area contributed by atoms with Gasteiger partial charge in [-0.2, -0.15) is 0 Å². The number of rotatable bonds is 17. The molecule has 0 aliphatic rings. The molecule has 0 aromatic heterocycles. The fourth-order valence-corrected chi connectivity index (χ4v) is 2.71. The topological polar surface area (TPSA) is 294 Å². The summed E-state index contributed by atoms with van der Waals surface area (Å²) in [6.45, 7) is 1.16. The van der Waals surface area contributed by atoms with Crippen LogP contribution in [0.5, 0.6) is 0 Å². The maximum Gasteiger partial charge on any atom is 0.326 e. The second-order valence-corrected chi connectivity index (χ2v) is 7.74. The van der Waals surface area contributed by atoms with E-state index in [2.05, 4.69) is 16.0 Å². The van der Waals surface area contributed by atoms with Crippen molar-refractivity contribution in [3.05, 3.63) is 0 Å². The second-order valence-electron chi connectivity index (χ2n) is 7.74. The minimum Gasteiger partial charge on any atom is -0.481 e. The summed E-state index contributed by atoms with van der Waals surface area (Å²) in [6, 6.07) is -5.99. The van der Waals surface area contributed by atoms with Gasteiger partial charge in [-0.25, -0.2) is 4.79 Å². The molecule has 0 aromatic carbocycles. The molecule has 0 rings (SSSR count). The third-order valence-corrected chi connectivity index (χ3v) is 4.68. The van der Waals surface area contributed by atoms with E-state index in [0.717, 1.165) is 6.92 Å². The van der Waals surface area contributed by atoms with E-state index < -0.39 is 91.0 Å². The summed E-state index contributed by atoms with van der Waals surface area (Å²) < 4.78 is 0. The van der Waals surface area contributed by atoms with Crippen LogP contribution in [0.1, 0.15) is 45.4 Å². The molecular weight excluding hydrogens is 472 g/mol.